The lowest BCUT2D eigenvalue weighted by molar-refractivity contribution is -0.139. The summed E-state index contributed by atoms with van der Waals surface area (Å²) in [6.45, 7) is 3.10. The summed E-state index contributed by atoms with van der Waals surface area (Å²) in [6.07, 6.45) is -2.16. The first kappa shape index (κ1) is 23.6. The van der Waals surface area contributed by atoms with Crippen molar-refractivity contribution in [2.45, 2.75) is 38.1 Å². The van der Waals surface area contributed by atoms with Crippen LogP contribution in [0.4, 0.5) is 18.9 Å². The number of rotatable bonds is 6. The second-order valence-electron chi connectivity index (χ2n) is 9.09. The van der Waals surface area contributed by atoms with E-state index in [0.717, 1.165) is 79.4 Å². The van der Waals surface area contributed by atoms with Crippen molar-refractivity contribution in [1.82, 2.24) is 9.47 Å². The third kappa shape index (κ3) is 5.56. The van der Waals surface area contributed by atoms with Crippen LogP contribution in [0.15, 0.2) is 48.5 Å². The fourth-order valence-electron chi connectivity index (χ4n) is 4.86. The molecule has 5 rings (SSSR count). The Morgan fingerprint density at radius 2 is 1.74 bits per heavy atom. The Labute approximate surface area is 202 Å². The standard InChI is InChI=1S/C26H30F3N3OS/c27-26(28,29)18-32-24-3-1-2-23(30-21-8-14-34-15-9-21)22(24)16-25(32)20-6-4-19(5-7-20)17-31-10-12-33-13-11-31/h1-7,16,21,30H,8-15,17-18H2. The number of anilines is 1. The number of halogens is 3. The van der Waals surface area contributed by atoms with Gasteiger partial charge in [-0.1, -0.05) is 30.3 Å². The number of fused-ring (bicyclic) bond motifs is 1. The zero-order valence-electron chi connectivity index (χ0n) is 19.1. The number of hydrogen-bond acceptors (Lipinski definition) is 4. The third-order valence-electron chi connectivity index (χ3n) is 6.62. The summed E-state index contributed by atoms with van der Waals surface area (Å²) in [6, 6.07) is 15.8. The van der Waals surface area contributed by atoms with Crippen LogP contribution < -0.4 is 5.32 Å². The highest BCUT2D eigenvalue weighted by molar-refractivity contribution is 7.99. The number of ether oxygens (including phenoxy) is 1. The summed E-state index contributed by atoms with van der Waals surface area (Å²) >= 11 is 1.96. The third-order valence-corrected chi connectivity index (χ3v) is 7.67. The van der Waals surface area contributed by atoms with Crippen molar-refractivity contribution in [1.29, 1.82) is 0 Å². The van der Waals surface area contributed by atoms with E-state index in [1.807, 2.05) is 54.2 Å². The Balaban J connectivity index is 1.47. The van der Waals surface area contributed by atoms with Crippen LogP contribution in [-0.2, 0) is 17.8 Å². The smallest absolute Gasteiger partial charge is 0.382 e. The minimum Gasteiger partial charge on any atom is -0.382 e. The fourth-order valence-corrected chi connectivity index (χ4v) is 5.97. The van der Waals surface area contributed by atoms with E-state index in [0.29, 0.717) is 17.3 Å². The number of morpholine rings is 1. The Morgan fingerprint density at radius 3 is 2.44 bits per heavy atom. The van der Waals surface area contributed by atoms with Gasteiger partial charge in [0.2, 0.25) is 0 Å². The SMILES string of the molecule is FC(F)(F)Cn1c(-c2ccc(CN3CCOCC3)cc2)cc2c(NC3CCSCC3)cccc21. The number of thioether (sulfide) groups is 1. The summed E-state index contributed by atoms with van der Waals surface area (Å²) in [4.78, 5) is 2.33. The van der Waals surface area contributed by atoms with Crippen LogP contribution >= 0.6 is 11.8 Å². The van der Waals surface area contributed by atoms with E-state index < -0.39 is 12.7 Å². The molecule has 4 nitrogen and oxygen atoms in total. The maximum atomic E-state index is 13.6. The maximum absolute atomic E-state index is 13.6. The van der Waals surface area contributed by atoms with E-state index in [1.165, 1.54) is 4.57 Å². The molecule has 1 N–H and O–H groups in total. The van der Waals surface area contributed by atoms with Gasteiger partial charge in [0.05, 0.1) is 18.7 Å². The van der Waals surface area contributed by atoms with E-state index >= 15 is 0 Å². The molecule has 182 valence electrons. The number of nitrogens with zero attached hydrogens (tertiary/aromatic N) is 2. The van der Waals surface area contributed by atoms with E-state index in [4.69, 9.17) is 4.74 Å². The predicted molar refractivity (Wildman–Crippen MR) is 133 cm³/mol. The van der Waals surface area contributed by atoms with Crippen LogP contribution in [0.2, 0.25) is 0 Å². The van der Waals surface area contributed by atoms with Crippen molar-refractivity contribution in [3.8, 4) is 11.3 Å². The van der Waals surface area contributed by atoms with Crippen LogP contribution in [0.25, 0.3) is 22.2 Å². The van der Waals surface area contributed by atoms with Gasteiger partial charge >= 0.3 is 6.18 Å². The fraction of sp³-hybridized carbons (Fsp3) is 0.462. The molecule has 0 saturated carbocycles. The minimum absolute atomic E-state index is 0.362. The summed E-state index contributed by atoms with van der Waals surface area (Å²) in [5, 5.41) is 4.45. The molecule has 2 saturated heterocycles. The highest BCUT2D eigenvalue weighted by Gasteiger charge is 2.30. The van der Waals surface area contributed by atoms with E-state index in [-0.39, 0.29) is 0 Å². The summed E-state index contributed by atoms with van der Waals surface area (Å²) in [5.41, 5.74) is 4.08. The minimum atomic E-state index is -4.30. The number of hydrogen-bond donors (Lipinski definition) is 1. The Morgan fingerprint density at radius 1 is 1.00 bits per heavy atom. The topological polar surface area (TPSA) is 29.4 Å². The lowest BCUT2D eigenvalue weighted by Crippen LogP contribution is -2.35. The highest BCUT2D eigenvalue weighted by Crippen LogP contribution is 2.36. The summed E-state index contributed by atoms with van der Waals surface area (Å²) in [7, 11) is 0. The molecule has 3 aromatic rings. The number of alkyl halides is 3. The number of benzene rings is 2. The quantitative estimate of drug-likeness (QED) is 0.459. The van der Waals surface area contributed by atoms with Crippen LogP contribution in [-0.4, -0.2) is 59.5 Å². The van der Waals surface area contributed by atoms with E-state index in [1.54, 1.807) is 6.07 Å². The molecule has 0 amide bonds. The van der Waals surface area contributed by atoms with Crippen LogP contribution in [0, 0.1) is 0 Å². The van der Waals surface area contributed by atoms with Gasteiger partial charge in [0, 0.05) is 42.4 Å². The van der Waals surface area contributed by atoms with Gasteiger partial charge in [0.15, 0.2) is 0 Å². The molecule has 0 bridgehead atoms. The first-order valence-corrected chi connectivity index (χ1v) is 13.0. The van der Waals surface area contributed by atoms with Crippen LogP contribution in [0.1, 0.15) is 18.4 Å². The number of nitrogens with one attached hydrogen (secondary N) is 1. The van der Waals surface area contributed by atoms with Gasteiger partial charge in [-0.3, -0.25) is 4.90 Å². The van der Waals surface area contributed by atoms with Crippen molar-refractivity contribution in [3.63, 3.8) is 0 Å². The Hall–Kier alpha value is -2.16. The van der Waals surface area contributed by atoms with Crippen molar-refractivity contribution in [3.05, 3.63) is 54.1 Å². The predicted octanol–water partition coefficient (Wildman–Crippen LogP) is 6.01. The first-order chi connectivity index (χ1) is 16.5. The lowest BCUT2D eigenvalue weighted by atomic mass is 10.1. The maximum Gasteiger partial charge on any atom is 0.406 e. The highest BCUT2D eigenvalue weighted by atomic mass is 32.2. The average molecular weight is 490 g/mol. The second-order valence-corrected chi connectivity index (χ2v) is 10.3. The molecule has 34 heavy (non-hydrogen) atoms. The van der Waals surface area contributed by atoms with Gasteiger partial charge in [-0.15, -0.1) is 0 Å². The molecule has 8 heteroatoms. The molecule has 3 heterocycles. The average Bonchev–Trinajstić information content (AvgIpc) is 3.19. The summed E-state index contributed by atoms with van der Waals surface area (Å²) < 4.78 is 47.6. The molecular formula is C26H30F3N3OS. The van der Waals surface area contributed by atoms with Crippen molar-refractivity contribution >= 4 is 28.4 Å². The molecule has 1 aromatic heterocycles. The zero-order chi connectivity index (χ0) is 23.5. The molecule has 2 fully saturated rings. The monoisotopic (exact) mass is 489 g/mol. The molecule has 2 aliphatic heterocycles. The van der Waals surface area contributed by atoms with Gasteiger partial charge in [0.1, 0.15) is 6.54 Å². The number of aromatic nitrogens is 1. The lowest BCUT2D eigenvalue weighted by Gasteiger charge is -2.26. The Bertz CT molecular complexity index is 1100. The van der Waals surface area contributed by atoms with Gasteiger partial charge in [0.25, 0.3) is 0 Å². The van der Waals surface area contributed by atoms with Gasteiger partial charge in [-0.25, -0.2) is 0 Å². The largest absolute Gasteiger partial charge is 0.406 e. The summed E-state index contributed by atoms with van der Waals surface area (Å²) in [5.74, 6) is 2.23. The van der Waals surface area contributed by atoms with E-state index in [2.05, 4.69) is 10.2 Å². The second kappa shape index (κ2) is 10.2. The zero-order valence-corrected chi connectivity index (χ0v) is 19.9. The van der Waals surface area contributed by atoms with Crippen molar-refractivity contribution in [2.75, 3.05) is 43.1 Å². The molecule has 0 spiro atoms. The van der Waals surface area contributed by atoms with Gasteiger partial charge < -0.3 is 14.6 Å². The van der Waals surface area contributed by atoms with Crippen molar-refractivity contribution < 1.29 is 17.9 Å². The Kier molecular flexibility index (Phi) is 7.09. The van der Waals surface area contributed by atoms with Crippen LogP contribution in [0.5, 0.6) is 0 Å². The molecular weight excluding hydrogens is 459 g/mol. The molecule has 2 aromatic carbocycles. The van der Waals surface area contributed by atoms with Gasteiger partial charge in [-0.05, 0) is 53.7 Å². The molecule has 0 unspecified atom stereocenters. The molecule has 2 aliphatic rings. The normalized spacial score (nSPS) is 18.4. The van der Waals surface area contributed by atoms with Gasteiger partial charge in [-0.2, -0.15) is 24.9 Å². The van der Waals surface area contributed by atoms with Crippen molar-refractivity contribution in [2.24, 2.45) is 0 Å². The molecule has 0 atom stereocenters. The van der Waals surface area contributed by atoms with E-state index in [9.17, 15) is 13.2 Å². The molecule has 0 radical (unpaired) electrons. The first-order valence-electron chi connectivity index (χ1n) is 11.9. The van der Waals surface area contributed by atoms with Crippen LogP contribution in [0.3, 0.4) is 0 Å². The molecule has 0 aliphatic carbocycles.